The highest BCUT2D eigenvalue weighted by atomic mass is 19.1. The van der Waals surface area contributed by atoms with Gasteiger partial charge in [0.1, 0.15) is 17.3 Å². The van der Waals surface area contributed by atoms with Crippen molar-refractivity contribution in [3.8, 4) is 11.3 Å². The second kappa shape index (κ2) is 9.74. The summed E-state index contributed by atoms with van der Waals surface area (Å²) in [5.74, 6) is -3.01. The third-order valence-corrected chi connectivity index (χ3v) is 7.65. The molecule has 2 saturated carbocycles. The molecule has 2 aromatic heterocycles. The van der Waals surface area contributed by atoms with Gasteiger partial charge in [0.05, 0.1) is 23.2 Å². The summed E-state index contributed by atoms with van der Waals surface area (Å²) in [5, 5.41) is 5.92. The molecule has 2 aliphatic carbocycles. The Morgan fingerprint density at radius 1 is 1.10 bits per heavy atom. The second-order valence-corrected chi connectivity index (χ2v) is 10.7. The first-order valence-electron chi connectivity index (χ1n) is 13.0. The van der Waals surface area contributed by atoms with E-state index in [1.54, 1.807) is 18.5 Å². The molecule has 3 fully saturated rings. The second-order valence-electron chi connectivity index (χ2n) is 10.7. The number of carbonyl (C=O) groups excluding carboxylic acids is 2. The van der Waals surface area contributed by atoms with Crippen molar-refractivity contribution in [3.63, 3.8) is 0 Å². The number of hydrogen-bond donors (Lipinski definition) is 2. The summed E-state index contributed by atoms with van der Waals surface area (Å²) >= 11 is 0. The number of halogens is 3. The van der Waals surface area contributed by atoms with Crippen LogP contribution in [0.5, 0.6) is 0 Å². The number of carbonyl (C=O) groups is 2. The SMILES string of the molecule is O=C(N[C@H]1CCN(CC2(F)CC2)C[C@@H]1C(=O)NC1(c2ncccn2)CC1)c1ncc(-c2ccc(F)cc2F)o1. The molecule has 12 heteroatoms. The van der Waals surface area contributed by atoms with Crippen LogP contribution in [0.25, 0.3) is 11.3 Å². The molecule has 2 amide bonds. The van der Waals surface area contributed by atoms with Crippen molar-refractivity contribution < 1.29 is 27.2 Å². The van der Waals surface area contributed by atoms with Gasteiger partial charge in [-0.15, -0.1) is 0 Å². The number of alkyl halides is 1. The molecule has 9 nitrogen and oxygen atoms in total. The topological polar surface area (TPSA) is 113 Å². The molecule has 0 radical (unpaired) electrons. The van der Waals surface area contributed by atoms with Gasteiger partial charge >= 0.3 is 5.91 Å². The summed E-state index contributed by atoms with van der Waals surface area (Å²) in [6.45, 7) is 1.02. The maximum absolute atomic E-state index is 14.5. The first-order chi connectivity index (χ1) is 18.7. The minimum Gasteiger partial charge on any atom is -0.432 e. The zero-order valence-corrected chi connectivity index (χ0v) is 21.0. The lowest BCUT2D eigenvalue weighted by molar-refractivity contribution is -0.129. The van der Waals surface area contributed by atoms with Crippen molar-refractivity contribution in [2.45, 2.75) is 49.4 Å². The number of nitrogens with zero attached hydrogens (tertiary/aromatic N) is 4. The summed E-state index contributed by atoms with van der Waals surface area (Å²) in [4.78, 5) is 41.1. The molecule has 0 bridgehead atoms. The number of rotatable bonds is 8. The van der Waals surface area contributed by atoms with Gasteiger partial charge in [-0.25, -0.2) is 28.1 Å². The van der Waals surface area contributed by atoms with E-state index in [0.717, 1.165) is 6.07 Å². The lowest BCUT2D eigenvalue weighted by Gasteiger charge is -2.39. The Bertz CT molecular complexity index is 1390. The van der Waals surface area contributed by atoms with Crippen LogP contribution < -0.4 is 10.6 Å². The first kappa shape index (κ1) is 25.5. The highest BCUT2D eigenvalue weighted by Crippen LogP contribution is 2.44. The summed E-state index contributed by atoms with van der Waals surface area (Å²) in [5.41, 5.74) is -1.90. The molecule has 2 atom stereocenters. The maximum atomic E-state index is 14.5. The summed E-state index contributed by atoms with van der Waals surface area (Å²) in [6.07, 6.45) is 7.26. The fourth-order valence-electron chi connectivity index (χ4n) is 5.12. The van der Waals surface area contributed by atoms with Crippen LogP contribution in [0.2, 0.25) is 0 Å². The molecule has 0 unspecified atom stereocenters. The number of aromatic nitrogens is 3. The van der Waals surface area contributed by atoms with Gasteiger partial charge in [0.15, 0.2) is 11.6 Å². The van der Waals surface area contributed by atoms with Crippen molar-refractivity contribution in [1.82, 2.24) is 30.5 Å². The number of likely N-dealkylation sites (tertiary alicyclic amines) is 1. The van der Waals surface area contributed by atoms with Crippen LogP contribution in [0, 0.1) is 17.6 Å². The molecule has 3 heterocycles. The van der Waals surface area contributed by atoms with Crippen LogP contribution >= 0.6 is 0 Å². The number of benzene rings is 1. The molecule has 204 valence electrons. The number of oxazole rings is 1. The molecule has 3 aliphatic rings. The van der Waals surface area contributed by atoms with Crippen LogP contribution in [0.1, 0.15) is 48.6 Å². The van der Waals surface area contributed by atoms with Gasteiger partial charge in [-0.1, -0.05) is 0 Å². The fraction of sp³-hybridized carbons (Fsp3) is 0.444. The van der Waals surface area contributed by atoms with E-state index < -0.39 is 40.7 Å². The third-order valence-electron chi connectivity index (χ3n) is 7.65. The van der Waals surface area contributed by atoms with Gasteiger partial charge in [0, 0.05) is 44.1 Å². The minimum absolute atomic E-state index is 0.0297. The van der Waals surface area contributed by atoms with E-state index >= 15 is 0 Å². The molecule has 0 spiro atoms. The van der Waals surface area contributed by atoms with E-state index in [0.29, 0.717) is 50.5 Å². The molecule has 1 aromatic carbocycles. The van der Waals surface area contributed by atoms with Gasteiger partial charge in [0.25, 0.3) is 5.89 Å². The first-order valence-corrected chi connectivity index (χ1v) is 13.0. The molecule has 39 heavy (non-hydrogen) atoms. The number of amides is 2. The standard InChI is InChI=1S/C27H27F3N6O3/c28-16-2-3-17(19(29)12-16)21-13-33-24(39-21)23(38)34-20-4-11-36(15-26(30)5-6-26)14-18(20)22(37)35-27(7-8-27)25-31-9-1-10-32-25/h1-3,9-10,12-13,18,20H,4-8,11,14-15H2,(H,34,38)(H,35,37)/t18-,20-/m0/s1. The molecular formula is C27H27F3N6O3. The van der Waals surface area contributed by atoms with Crippen molar-refractivity contribution in [1.29, 1.82) is 0 Å². The van der Waals surface area contributed by atoms with Crippen LogP contribution in [-0.2, 0) is 10.3 Å². The molecule has 1 saturated heterocycles. The quantitative estimate of drug-likeness (QED) is 0.451. The van der Waals surface area contributed by atoms with Crippen molar-refractivity contribution >= 4 is 11.8 Å². The normalized spacial score (nSPS) is 23.2. The Balaban J connectivity index is 1.18. The highest BCUT2D eigenvalue weighted by molar-refractivity contribution is 5.91. The van der Waals surface area contributed by atoms with E-state index in [-0.39, 0.29) is 36.2 Å². The lowest BCUT2D eigenvalue weighted by atomic mass is 9.90. The lowest BCUT2D eigenvalue weighted by Crippen LogP contribution is -2.57. The monoisotopic (exact) mass is 540 g/mol. The van der Waals surface area contributed by atoms with E-state index in [1.165, 1.54) is 12.3 Å². The fourth-order valence-corrected chi connectivity index (χ4v) is 5.12. The van der Waals surface area contributed by atoms with Gasteiger partial charge < -0.3 is 15.1 Å². The van der Waals surface area contributed by atoms with Crippen molar-refractivity contribution in [2.75, 3.05) is 19.6 Å². The maximum Gasteiger partial charge on any atom is 0.307 e. The predicted molar refractivity (Wildman–Crippen MR) is 132 cm³/mol. The van der Waals surface area contributed by atoms with Crippen LogP contribution in [-0.4, -0.2) is 63.0 Å². The molecule has 3 aromatic rings. The summed E-state index contributed by atoms with van der Waals surface area (Å²) in [6, 6.07) is 4.12. The molecule has 1 aliphatic heterocycles. The Morgan fingerprint density at radius 3 is 2.56 bits per heavy atom. The van der Waals surface area contributed by atoms with E-state index in [4.69, 9.17) is 4.42 Å². The number of nitrogens with one attached hydrogen (secondary N) is 2. The average molecular weight is 541 g/mol. The van der Waals surface area contributed by atoms with Crippen molar-refractivity contribution in [3.05, 3.63) is 66.2 Å². The Hall–Kier alpha value is -3.80. The number of hydrogen-bond acceptors (Lipinski definition) is 7. The van der Waals surface area contributed by atoms with Crippen LogP contribution in [0.4, 0.5) is 13.2 Å². The van der Waals surface area contributed by atoms with Gasteiger partial charge in [-0.3, -0.25) is 14.5 Å². The average Bonchev–Trinajstić information content (AvgIpc) is 3.81. The Morgan fingerprint density at radius 2 is 1.87 bits per heavy atom. The molecular weight excluding hydrogens is 513 g/mol. The van der Waals surface area contributed by atoms with Crippen LogP contribution in [0.15, 0.2) is 47.3 Å². The van der Waals surface area contributed by atoms with Gasteiger partial charge in [0.2, 0.25) is 5.91 Å². The summed E-state index contributed by atoms with van der Waals surface area (Å²) in [7, 11) is 0. The highest BCUT2D eigenvalue weighted by Gasteiger charge is 2.51. The smallest absolute Gasteiger partial charge is 0.307 e. The van der Waals surface area contributed by atoms with E-state index in [2.05, 4.69) is 25.6 Å². The van der Waals surface area contributed by atoms with E-state index in [1.807, 2.05) is 4.90 Å². The molecule has 2 N–H and O–H groups in total. The molecule has 6 rings (SSSR count). The van der Waals surface area contributed by atoms with Crippen LogP contribution in [0.3, 0.4) is 0 Å². The number of piperidine rings is 1. The van der Waals surface area contributed by atoms with Gasteiger partial charge in [-0.05, 0) is 50.3 Å². The van der Waals surface area contributed by atoms with Crippen molar-refractivity contribution in [2.24, 2.45) is 5.92 Å². The Kier molecular flexibility index (Phi) is 6.37. The zero-order chi connectivity index (χ0) is 27.2. The largest absolute Gasteiger partial charge is 0.432 e. The minimum atomic E-state index is -1.21. The summed E-state index contributed by atoms with van der Waals surface area (Å²) < 4.78 is 47.4. The van der Waals surface area contributed by atoms with Gasteiger partial charge in [-0.2, -0.15) is 0 Å². The Labute approximate surface area is 222 Å². The van der Waals surface area contributed by atoms with E-state index in [9.17, 15) is 22.8 Å². The third kappa shape index (κ3) is 5.38. The predicted octanol–water partition coefficient (Wildman–Crippen LogP) is 3.14. The zero-order valence-electron chi connectivity index (χ0n) is 21.0.